The number of carbonyl (C=O) groups is 2. The van der Waals surface area contributed by atoms with Crippen molar-refractivity contribution in [3.8, 4) is 5.75 Å². The van der Waals surface area contributed by atoms with Crippen LogP contribution in [0.3, 0.4) is 0 Å². The topological polar surface area (TPSA) is 107 Å². The maximum Gasteiger partial charge on any atom is 0.255 e. The molecule has 0 saturated heterocycles. The molecule has 0 spiro atoms. The summed E-state index contributed by atoms with van der Waals surface area (Å²) < 4.78 is 10.6. The Labute approximate surface area is 143 Å². The van der Waals surface area contributed by atoms with Crippen molar-refractivity contribution in [3.63, 3.8) is 0 Å². The molecule has 3 aromatic rings. The van der Waals surface area contributed by atoms with Gasteiger partial charge in [0.15, 0.2) is 12.2 Å². The fraction of sp³-hybridized carbons (Fsp3) is 0.0556. The molecule has 0 atom stereocenters. The number of carbonyl (C=O) groups excluding carboxylic acids is 2. The number of hydrogen-bond donors (Lipinski definition) is 2. The Bertz CT molecular complexity index is 896. The largest absolute Gasteiger partial charge is 0.484 e. The molecule has 0 aliphatic rings. The van der Waals surface area contributed by atoms with Crippen LogP contribution in [0.1, 0.15) is 5.89 Å². The lowest BCUT2D eigenvalue weighted by atomic mass is 10.3. The first-order valence-corrected chi connectivity index (χ1v) is 7.46. The minimum atomic E-state index is -0.554. The van der Waals surface area contributed by atoms with Crippen LogP contribution in [-0.2, 0) is 9.59 Å². The summed E-state index contributed by atoms with van der Waals surface area (Å²) in [7, 11) is 0. The number of amides is 2. The molecule has 0 aliphatic carbocycles. The van der Waals surface area contributed by atoms with Gasteiger partial charge in [0.05, 0.1) is 0 Å². The van der Waals surface area contributed by atoms with Crippen LogP contribution in [0.25, 0.3) is 17.2 Å². The van der Waals surface area contributed by atoms with Crippen molar-refractivity contribution in [1.29, 1.82) is 0 Å². The highest BCUT2D eigenvalue weighted by Gasteiger charge is 2.03. The molecule has 3 N–H and O–H groups in total. The second kappa shape index (κ2) is 7.31. The molecule has 1 heterocycles. The second-order valence-corrected chi connectivity index (χ2v) is 5.12. The smallest absolute Gasteiger partial charge is 0.255 e. The van der Waals surface area contributed by atoms with E-state index in [0.717, 1.165) is 5.52 Å². The number of rotatable bonds is 6. The second-order valence-electron chi connectivity index (χ2n) is 5.12. The molecule has 1 aromatic heterocycles. The summed E-state index contributed by atoms with van der Waals surface area (Å²) in [6.07, 6.45) is 2.84. The number of anilines is 1. The average molecular weight is 337 g/mol. The van der Waals surface area contributed by atoms with E-state index in [1.807, 2.05) is 24.3 Å². The minimum Gasteiger partial charge on any atom is -0.484 e. The fourth-order valence-corrected chi connectivity index (χ4v) is 2.08. The van der Waals surface area contributed by atoms with Gasteiger partial charge in [0.2, 0.25) is 11.8 Å². The molecular weight excluding hydrogens is 322 g/mol. The first-order valence-electron chi connectivity index (χ1n) is 7.46. The maximum absolute atomic E-state index is 11.9. The van der Waals surface area contributed by atoms with Crippen molar-refractivity contribution in [1.82, 2.24) is 4.98 Å². The molecule has 3 rings (SSSR count). The first-order chi connectivity index (χ1) is 12.1. The maximum atomic E-state index is 11.9. The van der Waals surface area contributed by atoms with E-state index in [1.54, 1.807) is 24.3 Å². The summed E-state index contributed by atoms with van der Waals surface area (Å²) in [6.45, 7) is -0.195. The average Bonchev–Trinajstić information content (AvgIpc) is 3.02. The molecule has 0 saturated carbocycles. The number of nitrogens with two attached hydrogens (primary N) is 1. The van der Waals surface area contributed by atoms with Gasteiger partial charge in [-0.3, -0.25) is 9.59 Å². The summed E-state index contributed by atoms with van der Waals surface area (Å²) >= 11 is 0. The predicted molar refractivity (Wildman–Crippen MR) is 92.8 cm³/mol. The third-order valence-corrected chi connectivity index (χ3v) is 3.19. The highest BCUT2D eigenvalue weighted by atomic mass is 16.5. The number of oxazole rings is 1. The summed E-state index contributed by atoms with van der Waals surface area (Å²) in [5.74, 6) is -0.0415. The molecule has 0 radical (unpaired) electrons. The van der Waals surface area contributed by atoms with Crippen LogP contribution in [0.5, 0.6) is 5.75 Å². The molecule has 126 valence electrons. The van der Waals surface area contributed by atoms with Crippen LogP contribution in [-0.4, -0.2) is 23.4 Å². The molecule has 2 amide bonds. The molecule has 7 heteroatoms. The Balaban J connectivity index is 1.59. The highest BCUT2D eigenvalue weighted by Crippen LogP contribution is 2.17. The lowest BCUT2D eigenvalue weighted by molar-refractivity contribution is -0.120. The normalized spacial score (nSPS) is 10.9. The van der Waals surface area contributed by atoms with Crippen LogP contribution in [0, 0.1) is 0 Å². The van der Waals surface area contributed by atoms with Gasteiger partial charge in [-0.25, -0.2) is 4.98 Å². The third-order valence-electron chi connectivity index (χ3n) is 3.19. The number of primary amides is 1. The number of fused-ring (bicyclic) bond motifs is 1. The van der Waals surface area contributed by atoms with E-state index in [4.69, 9.17) is 14.9 Å². The standard InChI is InChI=1S/C18H15N3O4/c19-16(22)11-24-13-7-5-12(6-8-13)20-17(23)9-10-18-21-14-3-1-2-4-15(14)25-18/h1-10H,11H2,(H2,19,22)(H,20,23)/b10-9+. The Morgan fingerprint density at radius 1 is 1.16 bits per heavy atom. The Kier molecular flexibility index (Phi) is 4.75. The number of nitrogens with one attached hydrogen (secondary N) is 1. The minimum absolute atomic E-state index is 0.195. The highest BCUT2D eigenvalue weighted by molar-refractivity contribution is 6.01. The summed E-state index contributed by atoms with van der Waals surface area (Å²) in [6, 6.07) is 13.9. The SMILES string of the molecule is NC(=O)COc1ccc(NC(=O)/C=C/c2nc3ccccc3o2)cc1. The van der Waals surface area contributed by atoms with Gasteiger partial charge in [-0.15, -0.1) is 0 Å². The predicted octanol–water partition coefficient (Wildman–Crippen LogP) is 2.34. The lowest BCUT2D eigenvalue weighted by Gasteiger charge is -2.05. The number of aromatic nitrogens is 1. The molecule has 2 aromatic carbocycles. The monoisotopic (exact) mass is 337 g/mol. The third kappa shape index (κ3) is 4.44. The van der Waals surface area contributed by atoms with Gasteiger partial charge in [0.1, 0.15) is 11.3 Å². The van der Waals surface area contributed by atoms with E-state index in [1.165, 1.54) is 12.2 Å². The Morgan fingerprint density at radius 3 is 2.64 bits per heavy atom. The van der Waals surface area contributed by atoms with Crippen molar-refractivity contribution < 1.29 is 18.7 Å². The molecule has 0 fully saturated rings. The van der Waals surface area contributed by atoms with Crippen molar-refractivity contribution >= 4 is 34.7 Å². The molecule has 0 aliphatic heterocycles. The molecule has 25 heavy (non-hydrogen) atoms. The van der Waals surface area contributed by atoms with E-state index in [2.05, 4.69) is 10.3 Å². The van der Waals surface area contributed by atoms with Crippen LogP contribution >= 0.6 is 0 Å². The first kappa shape index (κ1) is 16.3. The fourth-order valence-electron chi connectivity index (χ4n) is 2.08. The van der Waals surface area contributed by atoms with E-state index in [9.17, 15) is 9.59 Å². The van der Waals surface area contributed by atoms with E-state index in [0.29, 0.717) is 22.9 Å². The van der Waals surface area contributed by atoms with Gasteiger partial charge < -0.3 is 20.2 Å². The lowest BCUT2D eigenvalue weighted by Crippen LogP contribution is -2.20. The summed E-state index contributed by atoms with van der Waals surface area (Å²) in [4.78, 5) is 26.8. The number of para-hydroxylation sites is 2. The molecule has 7 nitrogen and oxygen atoms in total. The van der Waals surface area contributed by atoms with Crippen LogP contribution in [0.4, 0.5) is 5.69 Å². The van der Waals surface area contributed by atoms with Gasteiger partial charge >= 0.3 is 0 Å². The zero-order chi connectivity index (χ0) is 17.6. The summed E-state index contributed by atoms with van der Waals surface area (Å²) in [5.41, 5.74) is 6.97. The van der Waals surface area contributed by atoms with Gasteiger partial charge in [-0.1, -0.05) is 12.1 Å². The van der Waals surface area contributed by atoms with Crippen LogP contribution in [0.15, 0.2) is 59.0 Å². The zero-order valence-corrected chi connectivity index (χ0v) is 13.1. The molecule has 0 unspecified atom stereocenters. The van der Waals surface area contributed by atoms with Crippen molar-refractivity contribution in [3.05, 3.63) is 60.5 Å². The Morgan fingerprint density at radius 2 is 1.92 bits per heavy atom. The Hall–Kier alpha value is -3.61. The van der Waals surface area contributed by atoms with Gasteiger partial charge in [0.25, 0.3) is 5.91 Å². The molecule has 0 bridgehead atoms. The van der Waals surface area contributed by atoms with Crippen LogP contribution in [0.2, 0.25) is 0 Å². The number of nitrogens with zero attached hydrogens (tertiary/aromatic N) is 1. The quantitative estimate of drug-likeness (QED) is 0.671. The van der Waals surface area contributed by atoms with E-state index < -0.39 is 5.91 Å². The number of hydrogen-bond acceptors (Lipinski definition) is 5. The van der Waals surface area contributed by atoms with Gasteiger partial charge in [-0.05, 0) is 36.4 Å². The number of benzene rings is 2. The molecular formula is C18H15N3O4. The van der Waals surface area contributed by atoms with Gasteiger partial charge in [-0.2, -0.15) is 0 Å². The number of ether oxygens (including phenoxy) is 1. The summed E-state index contributed by atoms with van der Waals surface area (Å²) in [5, 5.41) is 2.70. The van der Waals surface area contributed by atoms with E-state index in [-0.39, 0.29) is 12.5 Å². The van der Waals surface area contributed by atoms with Gasteiger partial charge in [0, 0.05) is 17.8 Å². The van der Waals surface area contributed by atoms with Crippen LogP contribution < -0.4 is 15.8 Å². The van der Waals surface area contributed by atoms with Crippen molar-refractivity contribution in [2.45, 2.75) is 0 Å². The zero-order valence-electron chi connectivity index (χ0n) is 13.1. The van der Waals surface area contributed by atoms with Crippen molar-refractivity contribution in [2.24, 2.45) is 5.73 Å². The van der Waals surface area contributed by atoms with Crippen molar-refractivity contribution in [2.75, 3.05) is 11.9 Å². The van der Waals surface area contributed by atoms with E-state index >= 15 is 0 Å².